The van der Waals surface area contributed by atoms with Crippen molar-refractivity contribution in [1.82, 2.24) is 0 Å². The number of hydrogen-bond acceptors (Lipinski definition) is 4. The Balaban J connectivity index is 1.59. The molecule has 24 heavy (non-hydrogen) atoms. The topological polar surface area (TPSA) is 73.6 Å². The summed E-state index contributed by atoms with van der Waals surface area (Å²) in [6, 6.07) is 14.7. The summed E-state index contributed by atoms with van der Waals surface area (Å²) in [7, 11) is 0. The van der Waals surface area contributed by atoms with Gasteiger partial charge in [-0.15, -0.1) is 0 Å². The van der Waals surface area contributed by atoms with Crippen LogP contribution in [-0.4, -0.2) is 25.2 Å². The molecule has 1 aliphatic heterocycles. The highest BCUT2D eigenvalue weighted by Crippen LogP contribution is 2.20. The van der Waals surface area contributed by atoms with Crippen molar-refractivity contribution in [2.75, 3.05) is 18.5 Å². The summed E-state index contributed by atoms with van der Waals surface area (Å²) >= 11 is 0. The number of anilines is 1. The van der Waals surface area contributed by atoms with Gasteiger partial charge in [0.05, 0.1) is 6.10 Å². The number of ether oxygens (including phenoxy) is 2. The lowest BCUT2D eigenvalue weighted by Crippen LogP contribution is -2.16. The van der Waals surface area contributed by atoms with E-state index in [-0.39, 0.29) is 12.0 Å². The summed E-state index contributed by atoms with van der Waals surface area (Å²) in [4.78, 5) is 12.3. The molecule has 0 saturated carbocycles. The molecule has 1 heterocycles. The minimum absolute atomic E-state index is 0.158. The molecule has 1 amide bonds. The van der Waals surface area contributed by atoms with E-state index in [4.69, 9.17) is 15.2 Å². The van der Waals surface area contributed by atoms with Gasteiger partial charge in [0, 0.05) is 30.5 Å². The van der Waals surface area contributed by atoms with E-state index in [1.165, 1.54) is 0 Å². The number of carbonyl (C=O) groups excluding carboxylic acids is 1. The first-order valence-corrected chi connectivity index (χ1v) is 8.19. The lowest BCUT2D eigenvalue weighted by molar-refractivity contribution is 0.0680. The second kappa shape index (κ2) is 7.95. The van der Waals surface area contributed by atoms with Gasteiger partial charge in [-0.3, -0.25) is 4.79 Å². The number of amides is 1. The molecule has 1 atom stereocenters. The fourth-order valence-electron chi connectivity index (χ4n) is 2.62. The number of nitrogens with two attached hydrogens (primary N) is 1. The first-order valence-electron chi connectivity index (χ1n) is 8.19. The molecule has 1 fully saturated rings. The molecule has 0 bridgehead atoms. The van der Waals surface area contributed by atoms with Crippen LogP contribution in [0.4, 0.5) is 5.69 Å². The third kappa shape index (κ3) is 4.34. The quantitative estimate of drug-likeness (QED) is 0.856. The minimum Gasteiger partial charge on any atom is -0.491 e. The van der Waals surface area contributed by atoms with Crippen molar-refractivity contribution in [3.8, 4) is 5.75 Å². The van der Waals surface area contributed by atoms with Crippen molar-refractivity contribution in [2.45, 2.75) is 25.5 Å². The zero-order chi connectivity index (χ0) is 16.8. The summed E-state index contributed by atoms with van der Waals surface area (Å²) < 4.78 is 11.3. The van der Waals surface area contributed by atoms with E-state index in [1.807, 2.05) is 36.4 Å². The summed E-state index contributed by atoms with van der Waals surface area (Å²) in [6.45, 7) is 1.82. The molecule has 3 N–H and O–H groups in total. The summed E-state index contributed by atoms with van der Waals surface area (Å²) in [5.74, 6) is 0.566. The number of rotatable bonds is 6. The second-order valence-corrected chi connectivity index (χ2v) is 5.83. The average molecular weight is 326 g/mol. The fraction of sp³-hybridized carbons (Fsp3) is 0.316. The summed E-state index contributed by atoms with van der Waals surface area (Å²) in [5, 5.41) is 2.88. The Bertz CT molecular complexity index is 679. The predicted octanol–water partition coefficient (Wildman–Crippen LogP) is 2.96. The van der Waals surface area contributed by atoms with Gasteiger partial charge in [-0.25, -0.2) is 0 Å². The highest BCUT2D eigenvalue weighted by molar-refractivity contribution is 6.04. The Morgan fingerprint density at radius 1 is 1.25 bits per heavy atom. The van der Waals surface area contributed by atoms with E-state index >= 15 is 0 Å². The van der Waals surface area contributed by atoms with Crippen molar-refractivity contribution in [3.05, 3.63) is 59.7 Å². The molecule has 126 valence electrons. The normalized spacial score (nSPS) is 16.8. The van der Waals surface area contributed by atoms with Gasteiger partial charge in [-0.1, -0.05) is 18.2 Å². The molecule has 1 unspecified atom stereocenters. The zero-order valence-corrected chi connectivity index (χ0v) is 13.5. The van der Waals surface area contributed by atoms with Crippen LogP contribution >= 0.6 is 0 Å². The Morgan fingerprint density at radius 2 is 2.08 bits per heavy atom. The molecular formula is C19H22N2O3. The van der Waals surface area contributed by atoms with Crippen molar-refractivity contribution in [1.29, 1.82) is 0 Å². The molecule has 2 aromatic rings. The van der Waals surface area contributed by atoms with E-state index < -0.39 is 0 Å². The third-order valence-corrected chi connectivity index (χ3v) is 4.00. The maximum Gasteiger partial charge on any atom is 0.255 e. The molecule has 2 aromatic carbocycles. The number of benzene rings is 2. The lowest BCUT2D eigenvalue weighted by Gasteiger charge is -2.12. The number of nitrogens with one attached hydrogen (secondary N) is 1. The van der Waals surface area contributed by atoms with E-state index in [0.717, 1.165) is 30.8 Å². The third-order valence-electron chi connectivity index (χ3n) is 4.00. The molecule has 1 aliphatic rings. The van der Waals surface area contributed by atoms with Gasteiger partial charge < -0.3 is 20.5 Å². The van der Waals surface area contributed by atoms with Gasteiger partial charge in [0.2, 0.25) is 0 Å². The molecule has 0 radical (unpaired) electrons. The van der Waals surface area contributed by atoms with Gasteiger partial charge in [-0.05, 0) is 42.7 Å². The van der Waals surface area contributed by atoms with Crippen molar-refractivity contribution < 1.29 is 14.3 Å². The monoisotopic (exact) mass is 326 g/mol. The molecule has 1 saturated heterocycles. The number of hydrogen-bond donors (Lipinski definition) is 2. The molecule has 5 nitrogen and oxygen atoms in total. The van der Waals surface area contributed by atoms with Crippen LogP contribution in [-0.2, 0) is 11.3 Å². The standard InChI is InChI=1S/C19H22N2O3/c20-12-14-6-8-15(9-7-14)19(22)21-16-3-1-4-17(11-16)24-13-18-5-2-10-23-18/h1,3-4,6-9,11,18H,2,5,10,12-13,20H2,(H,21,22). The van der Waals surface area contributed by atoms with E-state index in [2.05, 4.69) is 5.32 Å². The van der Waals surface area contributed by atoms with E-state index in [1.54, 1.807) is 12.1 Å². The number of carbonyl (C=O) groups is 1. The first-order chi connectivity index (χ1) is 11.7. The van der Waals surface area contributed by atoms with Crippen LogP contribution in [0.1, 0.15) is 28.8 Å². The predicted molar refractivity (Wildman–Crippen MR) is 93.2 cm³/mol. The van der Waals surface area contributed by atoms with Crippen molar-refractivity contribution in [3.63, 3.8) is 0 Å². The minimum atomic E-state index is -0.158. The van der Waals surface area contributed by atoms with E-state index in [9.17, 15) is 4.79 Å². The maximum absolute atomic E-state index is 12.3. The van der Waals surface area contributed by atoms with Gasteiger partial charge in [0.1, 0.15) is 12.4 Å². The Morgan fingerprint density at radius 3 is 2.79 bits per heavy atom. The summed E-state index contributed by atoms with van der Waals surface area (Å²) in [6.07, 6.45) is 2.30. The summed E-state index contributed by atoms with van der Waals surface area (Å²) in [5.41, 5.74) is 7.86. The average Bonchev–Trinajstić information content (AvgIpc) is 3.14. The lowest BCUT2D eigenvalue weighted by atomic mass is 10.1. The zero-order valence-electron chi connectivity index (χ0n) is 13.5. The van der Waals surface area contributed by atoms with Gasteiger partial charge in [0.25, 0.3) is 5.91 Å². The largest absolute Gasteiger partial charge is 0.491 e. The smallest absolute Gasteiger partial charge is 0.255 e. The van der Waals surface area contributed by atoms with Crippen LogP contribution in [0.2, 0.25) is 0 Å². The Labute approximate surface area is 141 Å². The van der Waals surface area contributed by atoms with Crippen LogP contribution in [0.25, 0.3) is 0 Å². The molecule has 5 heteroatoms. The van der Waals surface area contributed by atoms with Gasteiger partial charge in [0.15, 0.2) is 0 Å². The first kappa shape index (κ1) is 16.5. The molecule has 0 aromatic heterocycles. The van der Waals surface area contributed by atoms with Crippen molar-refractivity contribution in [2.24, 2.45) is 5.73 Å². The highest BCUT2D eigenvalue weighted by atomic mass is 16.5. The van der Waals surface area contributed by atoms with E-state index in [0.29, 0.717) is 24.4 Å². The maximum atomic E-state index is 12.3. The van der Waals surface area contributed by atoms with Crippen molar-refractivity contribution >= 4 is 11.6 Å². The second-order valence-electron chi connectivity index (χ2n) is 5.83. The molecule has 0 spiro atoms. The van der Waals surface area contributed by atoms with Crippen LogP contribution in [0, 0.1) is 0 Å². The molecule has 0 aliphatic carbocycles. The highest BCUT2D eigenvalue weighted by Gasteiger charge is 2.16. The molecule has 3 rings (SSSR count). The van der Waals surface area contributed by atoms with Crippen LogP contribution < -0.4 is 15.8 Å². The molecular weight excluding hydrogens is 304 g/mol. The van der Waals surface area contributed by atoms with Gasteiger partial charge in [-0.2, -0.15) is 0 Å². The van der Waals surface area contributed by atoms with Crippen LogP contribution in [0.5, 0.6) is 5.75 Å². The Kier molecular flexibility index (Phi) is 5.46. The van der Waals surface area contributed by atoms with Crippen LogP contribution in [0.3, 0.4) is 0 Å². The SMILES string of the molecule is NCc1ccc(C(=O)Nc2cccc(OCC3CCCO3)c2)cc1. The van der Waals surface area contributed by atoms with Gasteiger partial charge >= 0.3 is 0 Å². The van der Waals surface area contributed by atoms with Crippen LogP contribution in [0.15, 0.2) is 48.5 Å². The Hall–Kier alpha value is -2.37. The fourth-order valence-corrected chi connectivity index (χ4v) is 2.62.